The van der Waals surface area contributed by atoms with Crippen molar-refractivity contribution in [2.45, 2.75) is 6.42 Å². The van der Waals surface area contributed by atoms with Crippen LogP contribution in [0.2, 0.25) is 0 Å². The third-order valence-corrected chi connectivity index (χ3v) is 4.03. The molecule has 2 aromatic rings. The first kappa shape index (κ1) is 20.5. The SMILES string of the molecule is COc1ccc(CCNC(=O)c2cc(NCCN(C)C)ccn2)cc1OC. The normalized spacial score (nSPS) is 10.6. The zero-order valence-corrected chi connectivity index (χ0v) is 16.4. The number of benzene rings is 1. The molecule has 0 saturated heterocycles. The Labute approximate surface area is 160 Å². The third-order valence-electron chi connectivity index (χ3n) is 4.03. The van der Waals surface area contributed by atoms with Gasteiger partial charge in [0.1, 0.15) is 5.69 Å². The van der Waals surface area contributed by atoms with Crippen LogP contribution in [-0.4, -0.2) is 63.7 Å². The molecule has 2 rings (SSSR count). The highest BCUT2D eigenvalue weighted by atomic mass is 16.5. The van der Waals surface area contributed by atoms with Crippen molar-refractivity contribution in [3.63, 3.8) is 0 Å². The van der Waals surface area contributed by atoms with Crippen LogP contribution < -0.4 is 20.1 Å². The van der Waals surface area contributed by atoms with Gasteiger partial charge >= 0.3 is 0 Å². The summed E-state index contributed by atoms with van der Waals surface area (Å²) in [6, 6.07) is 9.36. The van der Waals surface area contributed by atoms with Gasteiger partial charge in [0, 0.05) is 31.5 Å². The standard InChI is InChI=1S/C20H28N4O3/c1-24(2)12-11-21-16-8-10-22-17(14-16)20(25)23-9-7-15-5-6-18(26-3)19(13-15)27-4/h5-6,8,10,13-14H,7,9,11-12H2,1-4H3,(H,21,22)(H,23,25). The van der Waals surface area contributed by atoms with E-state index >= 15 is 0 Å². The van der Waals surface area contributed by atoms with Crippen LogP contribution in [0.15, 0.2) is 36.5 Å². The summed E-state index contributed by atoms with van der Waals surface area (Å²) in [5, 5.41) is 6.19. The van der Waals surface area contributed by atoms with Crippen molar-refractivity contribution in [2.24, 2.45) is 0 Å². The van der Waals surface area contributed by atoms with Gasteiger partial charge in [-0.3, -0.25) is 9.78 Å². The number of nitrogens with one attached hydrogen (secondary N) is 2. The van der Waals surface area contributed by atoms with Crippen LogP contribution in [0.25, 0.3) is 0 Å². The van der Waals surface area contributed by atoms with Crippen LogP contribution in [0.4, 0.5) is 5.69 Å². The van der Waals surface area contributed by atoms with E-state index in [2.05, 4.69) is 20.5 Å². The molecule has 0 radical (unpaired) electrons. The fourth-order valence-corrected chi connectivity index (χ4v) is 2.54. The van der Waals surface area contributed by atoms with Crippen LogP contribution in [0.5, 0.6) is 11.5 Å². The predicted octanol–water partition coefficient (Wildman–Crippen LogP) is 2.04. The summed E-state index contributed by atoms with van der Waals surface area (Å²) in [6.45, 7) is 2.22. The zero-order valence-electron chi connectivity index (χ0n) is 16.4. The van der Waals surface area contributed by atoms with Gasteiger partial charge in [-0.15, -0.1) is 0 Å². The van der Waals surface area contributed by atoms with Crippen LogP contribution in [0.3, 0.4) is 0 Å². The highest BCUT2D eigenvalue weighted by Crippen LogP contribution is 2.27. The van der Waals surface area contributed by atoms with E-state index in [9.17, 15) is 4.79 Å². The van der Waals surface area contributed by atoms with E-state index in [1.54, 1.807) is 26.5 Å². The average Bonchev–Trinajstić information content (AvgIpc) is 2.67. The molecule has 0 atom stereocenters. The Bertz CT molecular complexity index is 750. The number of nitrogens with zero attached hydrogens (tertiary/aromatic N) is 2. The summed E-state index contributed by atoms with van der Waals surface area (Å²) in [6.07, 6.45) is 2.33. The average molecular weight is 372 g/mol. The smallest absolute Gasteiger partial charge is 0.269 e. The number of hydrogen-bond acceptors (Lipinski definition) is 6. The molecule has 0 spiro atoms. The van der Waals surface area contributed by atoms with E-state index in [0.717, 1.165) is 24.3 Å². The molecule has 27 heavy (non-hydrogen) atoms. The summed E-state index contributed by atoms with van der Waals surface area (Å²) in [5.74, 6) is 1.18. The van der Waals surface area contributed by atoms with Gasteiger partial charge in [-0.2, -0.15) is 0 Å². The van der Waals surface area contributed by atoms with Crippen LogP contribution in [0.1, 0.15) is 16.1 Å². The molecule has 2 N–H and O–H groups in total. The summed E-state index contributed by atoms with van der Waals surface area (Å²) in [4.78, 5) is 18.6. The minimum Gasteiger partial charge on any atom is -0.493 e. The number of methoxy groups -OCH3 is 2. The Kier molecular flexibility index (Phi) is 7.88. The molecule has 0 unspecified atom stereocenters. The molecule has 0 aliphatic carbocycles. The number of carbonyl (C=O) groups is 1. The van der Waals surface area contributed by atoms with Crippen LogP contribution >= 0.6 is 0 Å². The lowest BCUT2D eigenvalue weighted by Crippen LogP contribution is -2.26. The van der Waals surface area contributed by atoms with E-state index in [4.69, 9.17) is 9.47 Å². The molecule has 1 heterocycles. The van der Waals surface area contributed by atoms with E-state index in [0.29, 0.717) is 30.2 Å². The maximum atomic E-state index is 12.3. The van der Waals surface area contributed by atoms with Gasteiger partial charge in [0.05, 0.1) is 14.2 Å². The first-order valence-electron chi connectivity index (χ1n) is 8.87. The fourth-order valence-electron chi connectivity index (χ4n) is 2.54. The molecule has 0 fully saturated rings. The molecule has 0 bridgehead atoms. The second-order valence-corrected chi connectivity index (χ2v) is 6.36. The lowest BCUT2D eigenvalue weighted by Gasteiger charge is -2.12. The van der Waals surface area contributed by atoms with Crippen molar-refractivity contribution in [3.05, 3.63) is 47.8 Å². The first-order chi connectivity index (χ1) is 13.0. The van der Waals surface area contributed by atoms with Gasteiger partial charge in [0.25, 0.3) is 5.91 Å². The van der Waals surface area contributed by atoms with E-state index in [1.807, 2.05) is 38.4 Å². The van der Waals surface area contributed by atoms with Crippen LogP contribution in [0, 0.1) is 0 Å². The molecule has 7 heteroatoms. The molecular weight excluding hydrogens is 344 g/mol. The number of rotatable bonds is 10. The molecule has 0 aliphatic heterocycles. The molecule has 0 aliphatic rings. The maximum Gasteiger partial charge on any atom is 0.269 e. The molecular formula is C20H28N4O3. The Morgan fingerprint density at radius 1 is 1.07 bits per heavy atom. The number of pyridine rings is 1. The van der Waals surface area contributed by atoms with Crippen molar-refractivity contribution in [1.29, 1.82) is 0 Å². The molecule has 1 aromatic carbocycles. The molecule has 146 valence electrons. The number of amides is 1. The van der Waals surface area contributed by atoms with Crippen LogP contribution in [-0.2, 0) is 6.42 Å². The lowest BCUT2D eigenvalue weighted by molar-refractivity contribution is 0.0949. The maximum absolute atomic E-state index is 12.3. The number of ether oxygens (including phenoxy) is 2. The van der Waals surface area contributed by atoms with E-state index in [1.165, 1.54) is 0 Å². The van der Waals surface area contributed by atoms with Gasteiger partial charge in [-0.1, -0.05) is 6.07 Å². The van der Waals surface area contributed by atoms with Gasteiger partial charge in [0.15, 0.2) is 11.5 Å². The topological polar surface area (TPSA) is 75.7 Å². The summed E-state index contributed by atoms with van der Waals surface area (Å²) in [5.41, 5.74) is 2.34. The number of carbonyl (C=O) groups excluding carboxylic acids is 1. The van der Waals surface area contributed by atoms with Crippen molar-refractivity contribution >= 4 is 11.6 Å². The Morgan fingerprint density at radius 2 is 1.85 bits per heavy atom. The summed E-state index contributed by atoms with van der Waals surface area (Å²) >= 11 is 0. The zero-order chi connectivity index (χ0) is 19.6. The highest BCUT2D eigenvalue weighted by molar-refractivity contribution is 5.93. The van der Waals surface area contributed by atoms with Gasteiger partial charge in [0.2, 0.25) is 0 Å². The van der Waals surface area contributed by atoms with Crippen molar-refractivity contribution < 1.29 is 14.3 Å². The second kappa shape index (κ2) is 10.4. The van der Waals surface area contributed by atoms with Crippen molar-refractivity contribution in [2.75, 3.05) is 53.3 Å². The number of anilines is 1. The number of hydrogen-bond donors (Lipinski definition) is 2. The monoisotopic (exact) mass is 372 g/mol. The van der Waals surface area contributed by atoms with Gasteiger partial charge in [-0.05, 0) is 50.3 Å². The molecule has 0 saturated carbocycles. The van der Waals surface area contributed by atoms with E-state index < -0.39 is 0 Å². The van der Waals surface area contributed by atoms with Crippen molar-refractivity contribution in [1.82, 2.24) is 15.2 Å². The number of likely N-dealkylation sites (N-methyl/N-ethyl adjacent to an activating group) is 1. The number of aromatic nitrogens is 1. The molecule has 7 nitrogen and oxygen atoms in total. The van der Waals surface area contributed by atoms with Crippen molar-refractivity contribution in [3.8, 4) is 11.5 Å². The summed E-state index contributed by atoms with van der Waals surface area (Å²) in [7, 11) is 7.25. The lowest BCUT2D eigenvalue weighted by atomic mass is 10.1. The highest BCUT2D eigenvalue weighted by Gasteiger charge is 2.09. The van der Waals surface area contributed by atoms with Gasteiger partial charge in [-0.25, -0.2) is 0 Å². The fraction of sp³-hybridized carbons (Fsp3) is 0.400. The predicted molar refractivity (Wildman–Crippen MR) is 107 cm³/mol. The minimum absolute atomic E-state index is 0.188. The minimum atomic E-state index is -0.188. The Morgan fingerprint density at radius 3 is 2.56 bits per heavy atom. The second-order valence-electron chi connectivity index (χ2n) is 6.36. The largest absolute Gasteiger partial charge is 0.493 e. The first-order valence-corrected chi connectivity index (χ1v) is 8.87. The molecule has 1 aromatic heterocycles. The Balaban J connectivity index is 1.87. The van der Waals surface area contributed by atoms with Gasteiger partial charge < -0.3 is 25.0 Å². The van der Waals surface area contributed by atoms with E-state index in [-0.39, 0.29) is 5.91 Å². The molecule has 1 amide bonds. The third kappa shape index (κ3) is 6.45. The Hall–Kier alpha value is -2.80. The quantitative estimate of drug-likeness (QED) is 0.665. The summed E-state index contributed by atoms with van der Waals surface area (Å²) < 4.78 is 10.5.